The molecule has 0 N–H and O–H groups in total. The molecule has 4 aromatic rings. The van der Waals surface area contributed by atoms with Gasteiger partial charge in [-0.3, -0.25) is 0 Å². The second-order valence-electron chi connectivity index (χ2n) is 7.70. The lowest BCUT2D eigenvalue weighted by Crippen LogP contribution is -2.14. The van der Waals surface area contributed by atoms with Crippen LogP contribution in [0.2, 0.25) is 0 Å². The van der Waals surface area contributed by atoms with E-state index in [-0.39, 0.29) is 0 Å². The first kappa shape index (κ1) is 19.1. The minimum atomic E-state index is 0.444. The van der Waals surface area contributed by atoms with Crippen molar-refractivity contribution in [3.8, 4) is 28.3 Å². The maximum absolute atomic E-state index is 5.90. The second-order valence-corrected chi connectivity index (χ2v) is 8.62. The van der Waals surface area contributed by atoms with Gasteiger partial charge in [0.25, 0.3) is 0 Å². The van der Waals surface area contributed by atoms with Crippen molar-refractivity contribution < 1.29 is 4.74 Å². The molecular formula is C25H22BrN3O. The van der Waals surface area contributed by atoms with Crippen molar-refractivity contribution >= 4 is 21.6 Å². The SMILES string of the molecule is C=CCC1CCOc2ccc(-c3cc(C)nc4cc(-c5cccc(Br)c5)nn34)cc21. The van der Waals surface area contributed by atoms with Crippen LogP contribution in [-0.4, -0.2) is 21.2 Å². The quantitative estimate of drug-likeness (QED) is 0.323. The van der Waals surface area contributed by atoms with Crippen LogP contribution < -0.4 is 4.74 Å². The highest BCUT2D eigenvalue weighted by Gasteiger charge is 2.22. The number of aryl methyl sites for hydroxylation is 1. The van der Waals surface area contributed by atoms with Gasteiger partial charge in [0.2, 0.25) is 0 Å². The van der Waals surface area contributed by atoms with E-state index < -0.39 is 0 Å². The van der Waals surface area contributed by atoms with Gasteiger partial charge in [-0.1, -0.05) is 34.1 Å². The van der Waals surface area contributed by atoms with Crippen LogP contribution in [0.3, 0.4) is 0 Å². The molecule has 5 rings (SSSR count). The van der Waals surface area contributed by atoms with E-state index in [0.29, 0.717) is 5.92 Å². The van der Waals surface area contributed by atoms with Crippen LogP contribution in [0.15, 0.2) is 71.7 Å². The Hall–Kier alpha value is -2.92. The normalized spacial score (nSPS) is 15.6. The molecule has 3 heterocycles. The van der Waals surface area contributed by atoms with Crippen LogP contribution in [0.1, 0.15) is 30.0 Å². The molecule has 0 saturated heterocycles. The van der Waals surface area contributed by atoms with E-state index in [9.17, 15) is 0 Å². The molecule has 0 amide bonds. The minimum Gasteiger partial charge on any atom is -0.493 e. The number of halogens is 1. The zero-order chi connectivity index (χ0) is 20.7. The fourth-order valence-corrected chi connectivity index (χ4v) is 4.56. The molecule has 1 unspecified atom stereocenters. The Labute approximate surface area is 184 Å². The lowest BCUT2D eigenvalue weighted by Gasteiger charge is -2.25. The van der Waals surface area contributed by atoms with Gasteiger partial charge in [0.1, 0.15) is 5.75 Å². The van der Waals surface area contributed by atoms with Gasteiger partial charge in [-0.25, -0.2) is 9.50 Å². The summed E-state index contributed by atoms with van der Waals surface area (Å²) in [5.41, 5.74) is 7.18. The zero-order valence-electron chi connectivity index (χ0n) is 16.8. The van der Waals surface area contributed by atoms with Crippen LogP contribution in [0.4, 0.5) is 0 Å². The molecule has 4 nitrogen and oxygen atoms in total. The monoisotopic (exact) mass is 459 g/mol. The van der Waals surface area contributed by atoms with Crippen LogP contribution in [0, 0.1) is 6.92 Å². The summed E-state index contributed by atoms with van der Waals surface area (Å²) >= 11 is 3.55. The van der Waals surface area contributed by atoms with Gasteiger partial charge in [-0.05, 0) is 67.6 Å². The van der Waals surface area contributed by atoms with E-state index in [1.807, 2.05) is 35.7 Å². The number of hydrogen-bond acceptors (Lipinski definition) is 3. The summed E-state index contributed by atoms with van der Waals surface area (Å²) in [5, 5.41) is 4.89. The Morgan fingerprint density at radius 2 is 2.07 bits per heavy atom. The van der Waals surface area contributed by atoms with Gasteiger partial charge < -0.3 is 4.74 Å². The Balaban J connectivity index is 1.66. The van der Waals surface area contributed by atoms with Crippen molar-refractivity contribution in [3.05, 3.63) is 83.0 Å². The smallest absolute Gasteiger partial charge is 0.156 e. The lowest BCUT2D eigenvalue weighted by atomic mass is 9.89. The van der Waals surface area contributed by atoms with E-state index in [4.69, 9.17) is 14.8 Å². The Kier molecular flexibility index (Phi) is 4.91. The molecule has 1 atom stereocenters. The van der Waals surface area contributed by atoms with Gasteiger partial charge in [0.15, 0.2) is 5.65 Å². The summed E-state index contributed by atoms with van der Waals surface area (Å²) in [5.74, 6) is 1.42. The molecule has 5 heteroatoms. The number of ether oxygens (including phenoxy) is 1. The second kappa shape index (κ2) is 7.73. The molecule has 1 aliphatic heterocycles. The topological polar surface area (TPSA) is 39.4 Å². The van der Waals surface area contributed by atoms with Crippen LogP contribution in [0.5, 0.6) is 5.75 Å². The van der Waals surface area contributed by atoms with Crippen molar-refractivity contribution in [1.29, 1.82) is 0 Å². The van der Waals surface area contributed by atoms with Crippen LogP contribution >= 0.6 is 15.9 Å². The standard InChI is InChI=1S/C25H22BrN3O/c1-3-5-17-10-11-30-24-9-8-19(14-21(17)24)23-12-16(2)27-25-15-22(28-29(23)25)18-6-4-7-20(26)13-18/h3-4,6-9,12-15,17H,1,5,10-11H2,2H3. The van der Waals surface area contributed by atoms with E-state index in [0.717, 1.165) is 63.5 Å². The summed E-state index contributed by atoms with van der Waals surface area (Å²) in [7, 11) is 0. The molecule has 0 saturated carbocycles. The highest BCUT2D eigenvalue weighted by molar-refractivity contribution is 9.10. The molecule has 0 fully saturated rings. The van der Waals surface area contributed by atoms with E-state index in [1.54, 1.807) is 0 Å². The average Bonchev–Trinajstić information content (AvgIpc) is 3.17. The van der Waals surface area contributed by atoms with Crippen molar-refractivity contribution in [1.82, 2.24) is 14.6 Å². The molecule has 0 radical (unpaired) electrons. The number of nitrogens with zero attached hydrogens (tertiary/aromatic N) is 3. The van der Waals surface area contributed by atoms with Crippen molar-refractivity contribution in [3.63, 3.8) is 0 Å². The van der Waals surface area contributed by atoms with Crippen molar-refractivity contribution in [2.45, 2.75) is 25.7 Å². The zero-order valence-corrected chi connectivity index (χ0v) is 18.4. The fraction of sp³-hybridized carbons (Fsp3) is 0.200. The van der Waals surface area contributed by atoms with Crippen molar-refractivity contribution in [2.24, 2.45) is 0 Å². The molecule has 0 bridgehead atoms. The largest absolute Gasteiger partial charge is 0.493 e. The molecule has 2 aromatic carbocycles. The van der Waals surface area contributed by atoms with E-state index in [2.05, 4.69) is 58.9 Å². The maximum atomic E-state index is 5.90. The van der Waals surface area contributed by atoms with Gasteiger partial charge in [-0.2, -0.15) is 5.10 Å². The first-order valence-electron chi connectivity index (χ1n) is 10.1. The number of benzene rings is 2. The predicted molar refractivity (Wildman–Crippen MR) is 124 cm³/mol. The first-order valence-corrected chi connectivity index (χ1v) is 10.9. The highest BCUT2D eigenvalue weighted by Crippen LogP contribution is 2.38. The van der Waals surface area contributed by atoms with Crippen LogP contribution in [-0.2, 0) is 0 Å². The number of hydrogen-bond donors (Lipinski definition) is 0. The van der Waals surface area contributed by atoms with Gasteiger partial charge >= 0.3 is 0 Å². The van der Waals surface area contributed by atoms with Crippen LogP contribution in [0.25, 0.3) is 28.2 Å². The molecule has 0 spiro atoms. The minimum absolute atomic E-state index is 0.444. The predicted octanol–water partition coefficient (Wildman–Crippen LogP) is 6.58. The first-order chi connectivity index (χ1) is 14.6. The Bertz CT molecular complexity index is 1260. The van der Waals surface area contributed by atoms with E-state index in [1.165, 1.54) is 5.56 Å². The van der Waals surface area contributed by atoms with E-state index >= 15 is 0 Å². The van der Waals surface area contributed by atoms with Crippen molar-refractivity contribution in [2.75, 3.05) is 6.61 Å². The molecular weight excluding hydrogens is 438 g/mol. The third-order valence-corrected chi connectivity index (χ3v) is 6.09. The number of aromatic nitrogens is 3. The van der Waals surface area contributed by atoms with Gasteiger partial charge in [0, 0.05) is 27.4 Å². The summed E-state index contributed by atoms with van der Waals surface area (Å²) in [6, 6.07) is 18.8. The maximum Gasteiger partial charge on any atom is 0.156 e. The Morgan fingerprint density at radius 1 is 1.17 bits per heavy atom. The summed E-state index contributed by atoms with van der Waals surface area (Å²) in [6.45, 7) is 6.72. The molecule has 2 aromatic heterocycles. The number of allylic oxidation sites excluding steroid dienone is 1. The third-order valence-electron chi connectivity index (χ3n) is 5.60. The summed E-state index contributed by atoms with van der Waals surface area (Å²) in [6.07, 6.45) is 3.97. The fourth-order valence-electron chi connectivity index (χ4n) is 4.17. The summed E-state index contributed by atoms with van der Waals surface area (Å²) in [4.78, 5) is 4.71. The van der Waals surface area contributed by atoms with Gasteiger partial charge in [-0.15, -0.1) is 6.58 Å². The lowest BCUT2D eigenvalue weighted by molar-refractivity contribution is 0.267. The number of rotatable bonds is 4. The molecule has 1 aliphatic rings. The summed E-state index contributed by atoms with van der Waals surface area (Å²) < 4.78 is 8.88. The van der Waals surface area contributed by atoms with Gasteiger partial charge in [0.05, 0.1) is 18.0 Å². The third kappa shape index (κ3) is 3.43. The Morgan fingerprint density at radius 3 is 2.90 bits per heavy atom. The molecule has 30 heavy (non-hydrogen) atoms. The highest BCUT2D eigenvalue weighted by atomic mass is 79.9. The molecule has 150 valence electrons. The average molecular weight is 460 g/mol. The molecule has 0 aliphatic carbocycles. The number of fused-ring (bicyclic) bond motifs is 2.